The Morgan fingerprint density at radius 2 is 1.96 bits per heavy atom. The molecule has 0 radical (unpaired) electrons. The molecule has 25 heavy (non-hydrogen) atoms. The summed E-state index contributed by atoms with van der Waals surface area (Å²) < 4.78 is 32.6. The van der Waals surface area contributed by atoms with Crippen LogP contribution in [0.1, 0.15) is 5.56 Å². The van der Waals surface area contributed by atoms with Crippen molar-refractivity contribution in [3.05, 3.63) is 36.0 Å². The maximum atomic E-state index is 12.5. The van der Waals surface area contributed by atoms with Gasteiger partial charge in [0, 0.05) is 33.3 Å². The molecule has 8 nitrogen and oxygen atoms in total. The lowest BCUT2D eigenvalue weighted by molar-refractivity contribution is 0.402. The van der Waals surface area contributed by atoms with Crippen LogP contribution < -0.4 is 19.7 Å². The van der Waals surface area contributed by atoms with Crippen LogP contribution in [0.3, 0.4) is 0 Å². The summed E-state index contributed by atoms with van der Waals surface area (Å²) in [7, 11) is 1.60. The molecule has 0 spiro atoms. The van der Waals surface area contributed by atoms with Gasteiger partial charge >= 0.3 is 0 Å². The van der Waals surface area contributed by atoms with Gasteiger partial charge in [-0.2, -0.15) is 5.10 Å². The number of hydrogen-bond donors (Lipinski definition) is 2. The summed E-state index contributed by atoms with van der Waals surface area (Å²) in [6.07, 6.45) is 1.65. The van der Waals surface area contributed by atoms with E-state index >= 15 is 0 Å². The summed E-state index contributed by atoms with van der Waals surface area (Å²) >= 11 is 0. The first kappa shape index (κ1) is 18.9. The van der Waals surface area contributed by atoms with E-state index in [2.05, 4.69) is 20.2 Å². The average molecular weight is 365 g/mol. The lowest BCUT2D eigenvalue weighted by Gasteiger charge is -2.13. The standard InChI is InChI=1S/C16H23N5O3S/c1-12-5-6-14(24-4)15(9-12)25(22,23)19-8-7-17-16-10-13(21(2)3)11-18-20-16/h5-6,9-11,19H,7-8H2,1-4H3,(H,17,20). The lowest BCUT2D eigenvalue weighted by Crippen LogP contribution is -2.29. The van der Waals surface area contributed by atoms with E-state index in [1.165, 1.54) is 7.11 Å². The predicted octanol–water partition coefficient (Wildman–Crippen LogP) is 1.25. The van der Waals surface area contributed by atoms with E-state index in [0.29, 0.717) is 18.1 Å². The Bertz CT molecular complexity index is 824. The highest BCUT2D eigenvalue weighted by molar-refractivity contribution is 7.89. The molecule has 9 heteroatoms. The van der Waals surface area contributed by atoms with Gasteiger partial charge in [0.2, 0.25) is 10.0 Å². The van der Waals surface area contributed by atoms with E-state index in [1.54, 1.807) is 24.4 Å². The Morgan fingerprint density at radius 1 is 1.20 bits per heavy atom. The zero-order valence-electron chi connectivity index (χ0n) is 14.8. The zero-order chi connectivity index (χ0) is 18.4. The first-order valence-corrected chi connectivity index (χ1v) is 9.20. The fraction of sp³-hybridized carbons (Fsp3) is 0.375. The summed E-state index contributed by atoms with van der Waals surface area (Å²) in [5.41, 5.74) is 1.75. The molecule has 2 rings (SSSR count). The molecule has 0 bridgehead atoms. The molecule has 0 aliphatic carbocycles. The Kier molecular flexibility index (Phi) is 6.16. The minimum absolute atomic E-state index is 0.129. The predicted molar refractivity (Wildman–Crippen MR) is 97.8 cm³/mol. The topological polar surface area (TPSA) is 96.5 Å². The van der Waals surface area contributed by atoms with Crippen molar-refractivity contribution < 1.29 is 13.2 Å². The number of nitrogens with one attached hydrogen (secondary N) is 2. The molecule has 1 heterocycles. The van der Waals surface area contributed by atoms with E-state index in [1.807, 2.05) is 32.0 Å². The van der Waals surface area contributed by atoms with Gasteiger partial charge in [0.25, 0.3) is 0 Å². The van der Waals surface area contributed by atoms with Crippen molar-refractivity contribution in [2.75, 3.05) is 44.5 Å². The van der Waals surface area contributed by atoms with Crippen LogP contribution in [0.15, 0.2) is 35.4 Å². The summed E-state index contributed by atoms with van der Waals surface area (Å²) in [5.74, 6) is 0.897. The van der Waals surface area contributed by atoms with Crippen LogP contribution in [0.5, 0.6) is 5.75 Å². The lowest BCUT2D eigenvalue weighted by atomic mass is 10.2. The van der Waals surface area contributed by atoms with Gasteiger partial charge in [0.15, 0.2) is 5.82 Å². The minimum Gasteiger partial charge on any atom is -0.495 e. The van der Waals surface area contributed by atoms with E-state index in [9.17, 15) is 8.42 Å². The number of ether oxygens (including phenoxy) is 1. The van der Waals surface area contributed by atoms with Crippen LogP contribution in [0.25, 0.3) is 0 Å². The number of benzene rings is 1. The van der Waals surface area contributed by atoms with Crippen LogP contribution >= 0.6 is 0 Å². The van der Waals surface area contributed by atoms with Gasteiger partial charge in [-0.25, -0.2) is 13.1 Å². The monoisotopic (exact) mass is 365 g/mol. The third-order valence-electron chi connectivity index (χ3n) is 3.49. The first-order chi connectivity index (χ1) is 11.8. The molecule has 0 amide bonds. The van der Waals surface area contributed by atoms with Gasteiger partial charge in [0.1, 0.15) is 10.6 Å². The van der Waals surface area contributed by atoms with Gasteiger partial charge in [-0.1, -0.05) is 6.07 Å². The first-order valence-electron chi connectivity index (χ1n) is 7.71. The highest BCUT2D eigenvalue weighted by Crippen LogP contribution is 2.24. The number of rotatable bonds is 8. The highest BCUT2D eigenvalue weighted by atomic mass is 32.2. The summed E-state index contributed by atoms with van der Waals surface area (Å²) in [4.78, 5) is 2.04. The van der Waals surface area contributed by atoms with Crippen molar-refractivity contribution in [2.45, 2.75) is 11.8 Å². The molecule has 2 aromatic rings. The van der Waals surface area contributed by atoms with Crippen molar-refractivity contribution in [1.29, 1.82) is 0 Å². The van der Waals surface area contributed by atoms with Crippen LogP contribution in [-0.2, 0) is 10.0 Å². The molecule has 136 valence electrons. The molecule has 0 aliphatic heterocycles. The van der Waals surface area contributed by atoms with Crippen molar-refractivity contribution in [1.82, 2.24) is 14.9 Å². The number of methoxy groups -OCH3 is 1. The SMILES string of the molecule is COc1ccc(C)cc1S(=O)(=O)NCCNc1cc(N(C)C)cnn1. The summed E-state index contributed by atoms with van der Waals surface area (Å²) in [6, 6.07) is 6.87. The number of aromatic nitrogens is 2. The van der Waals surface area contributed by atoms with E-state index in [0.717, 1.165) is 11.3 Å². The van der Waals surface area contributed by atoms with E-state index in [-0.39, 0.29) is 11.4 Å². The highest BCUT2D eigenvalue weighted by Gasteiger charge is 2.19. The van der Waals surface area contributed by atoms with Gasteiger partial charge in [-0.3, -0.25) is 0 Å². The zero-order valence-corrected chi connectivity index (χ0v) is 15.6. The number of aryl methyl sites for hydroxylation is 1. The number of sulfonamides is 1. The molecule has 0 unspecified atom stereocenters. The largest absolute Gasteiger partial charge is 0.495 e. The normalized spacial score (nSPS) is 11.2. The van der Waals surface area contributed by atoms with E-state index in [4.69, 9.17) is 4.74 Å². The van der Waals surface area contributed by atoms with Crippen molar-refractivity contribution in [2.24, 2.45) is 0 Å². The minimum atomic E-state index is -3.66. The molecule has 2 N–H and O–H groups in total. The second-order valence-corrected chi connectivity index (χ2v) is 7.41. The molecule has 1 aromatic carbocycles. The Hall–Kier alpha value is -2.39. The maximum absolute atomic E-state index is 12.5. The number of nitrogens with zero attached hydrogens (tertiary/aromatic N) is 3. The van der Waals surface area contributed by atoms with Crippen molar-refractivity contribution in [3.63, 3.8) is 0 Å². The third-order valence-corrected chi connectivity index (χ3v) is 4.97. The number of hydrogen-bond acceptors (Lipinski definition) is 7. The molecule has 0 fully saturated rings. The third kappa shape index (κ3) is 5.04. The molecule has 0 aliphatic rings. The molecule has 0 saturated heterocycles. The average Bonchev–Trinajstić information content (AvgIpc) is 2.59. The molecule has 1 aromatic heterocycles. The second-order valence-electron chi connectivity index (χ2n) is 5.67. The van der Waals surface area contributed by atoms with Crippen molar-refractivity contribution in [3.8, 4) is 5.75 Å². The smallest absolute Gasteiger partial charge is 0.244 e. The Labute approximate surface area is 148 Å². The van der Waals surface area contributed by atoms with E-state index < -0.39 is 10.0 Å². The molecule has 0 saturated carbocycles. The number of anilines is 2. The van der Waals surface area contributed by atoms with Gasteiger partial charge in [-0.15, -0.1) is 5.10 Å². The summed E-state index contributed by atoms with van der Waals surface area (Å²) in [6.45, 7) is 2.41. The molecular weight excluding hydrogens is 342 g/mol. The Morgan fingerprint density at radius 3 is 2.64 bits per heavy atom. The molecule has 0 atom stereocenters. The van der Waals surface area contributed by atoms with Crippen LogP contribution in [-0.4, -0.2) is 52.9 Å². The van der Waals surface area contributed by atoms with Crippen LogP contribution in [0, 0.1) is 6.92 Å². The van der Waals surface area contributed by atoms with Crippen LogP contribution in [0.4, 0.5) is 11.5 Å². The molecular formula is C16H23N5O3S. The van der Waals surface area contributed by atoms with Gasteiger partial charge < -0.3 is 15.0 Å². The fourth-order valence-corrected chi connectivity index (χ4v) is 3.42. The van der Waals surface area contributed by atoms with Crippen molar-refractivity contribution >= 4 is 21.5 Å². The quantitative estimate of drug-likeness (QED) is 0.680. The Balaban J connectivity index is 1.97. The van der Waals surface area contributed by atoms with Gasteiger partial charge in [0.05, 0.1) is 19.0 Å². The summed E-state index contributed by atoms with van der Waals surface area (Å²) in [5, 5.41) is 10.9. The van der Waals surface area contributed by atoms with Crippen LogP contribution in [0.2, 0.25) is 0 Å². The fourth-order valence-electron chi connectivity index (χ4n) is 2.14. The maximum Gasteiger partial charge on any atom is 0.244 e. The second kappa shape index (κ2) is 8.13. The van der Waals surface area contributed by atoms with Gasteiger partial charge in [-0.05, 0) is 24.6 Å².